The zero-order chi connectivity index (χ0) is 14.1. The standard InChI is InChI=1S/C13H20N6O/c1-9-15-11(6-12-16-17-13(20)19(9)12)18(2)8-10-4-3-5-14-7-10/h6,10,14H,3-5,7-8H2,1-2H3,(H,17,20). The number of nitrogens with zero attached hydrogens (tertiary/aromatic N) is 4. The summed E-state index contributed by atoms with van der Waals surface area (Å²) in [7, 11) is 2.04. The van der Waals surface area contributed by atoms with Crippen molar-refractivity contribution >= 4 is 11.5 Å². The second-order valence-electron chi connectivity index (χ2n) is 5.48. The van der Waals surface area contributed by atoms with Crippen molar-refractivity contribution in [3.8, 4) is 0 Å². The predicted molar refractivity (Wildman–Crippen MR) is 77.2 cm³/mol. The van der Waals surface area contributed by atoms with Crippen molar-refractivity contribution in [1.29, 1.82) is 0 Å². The zero-order valence-electron chi connectivity index (χ0n) is 11.9. The van der Waals surface area contributed by atoms with Gasteiger partial charge in [0.25, 0.3) is 0 Å². The largest absolute Gasteiger partial charge is 0.359 e. The van der Waals surface area contributed by atoms with Crippen LogP contribution >= 0.6 is 0 Å². The van der Waals surface area contributed by atoms with Crippen LogP contribution in [0, 0.1) is 12.8 Å². The molecule has 3 rings (SSSR count). The van der Waals surface area contributed by atoms with Crippen molar-refractivity contribution in [3.05, 3.63) is 22.4 Å². The minimum Gasteiger partial charge on any atom is -0.359 e. The second-order valence-corrected chi connectivity index (χ2v) is 5.48. The Morgan fingerprint density at radius 3 is 3.15 bits per heavy atom. The van der Waals surface area contributed by atoms with Crippen molar-refractivity contribution in [2.75, 3.05) is 31.6 Å². The molecule has 1 fully saturated rings. The van der Waals surface area contributed by atoms with Crippen LogP contribution in [0.2, 0.25) is 0 Å². The number of piperidine rings is 1. The summed E-state index contributed by atoms with van der Waals surface area (Å²) >= 11 is 0. The monoisotopic (exact) mass is 276 g/mol. The molecule has 2 aromatic heterocycles. The van der Waals surface area contributed by atoms with Gasteiger partial charge in [-0.15, -0.1) is 0 Å². The Labute approximate surface area is 117 Å². The average Bonchev–Trinajstić information content (AvgIpc) is 2.82. The van der Waals surface area contributed by atoms with Gasteiger partial charge in [-0.2, -0.15) is 5.10 Å². The highest BCUT2D eigenvalue weighted by atomic mass is 16.1. The number of aromatic amines is 1. The zero-order valence-corrected chi connectivity index (χ0v) is 11.9. The van der Waals surface area contributed by atoms with E-state index >= 15 is 0 Å². The van der Waals surface area contributed by atoms with Crippen LogP contribution in [0.4, 0.5) is 5.82 Å². The first kappa shape index (κ1) is 13.1. The van der Waals surface area contributed by atoms with Gasteiger partial charge in [0.05, 0.1) is 0 Å². The number of hydrogen-bond donors (Lipinski definition) is 2. The normalized spacial score (nSPS) is 19.4. The summed E-state index contributed by atoms with van der Waals surface area (Å²) in [6.07, 6.45) is 2.49. The van der Waals surface area contributed by atoms with Gasteiger partial charge in [-0.1, -0.05) is 0 Å². The molecule has 1 atom stereocenters. The third-order valence-electron chi connectivity index (χ3n) is 3.88. The maximum absolute atomic E-state index is 11.6. The first-order chi connectivity index (χ1) is 9.65. The van der Waals surface area contributed by atoms with Gasteiger partial charge in [-0.05, 0) is 38.8 Å². The van der Waals surface area contributed by atoms with Gasteiger partial charge in [-0.3, -0.25) is 0 Å². The summed E-state index contributed by atoms with van der Waals surface area (Å²) in [5.74, 6) is 2.16. The van der Waals surface area contributed by atoms with Gasteiger partial charge in [0.2, 0.25) is 0 Å². The summed E-state index contributed by atoms with van der Waals surface area (Å²) in [5, 5.41) is 9.90. The molecule has 0 saturated carbocycles. The molecule has 0 aromatic carbocycles. The van der Waals surface area contributed by atoms with E-state index in [4.69, 9.17) is 0 Å². The Morgan fingerprint density at radius 1 is 1.55 bits per heavy atom. The number of anilines is 1. The van der Waals surface area contributed by atoms with Gasteiger partial charge < -0.3 is 10.2 Å². The molecular weight excluding hydrogens is 256 g/mol. The van der Waals surface area contributed by atoms with E-state index in [2.05, 4.69) is 25.4 Å². The number of H-pyrrole nitrogens is 1. The van der Waals surface area contributed by atoms with Crippen molar-refractivity contribution in [2.45, 2.75) is 19.8 Å². The lowest BCUT2D eigenvalue weighted by atomic mass is 9.99. The average molecular weight is 276 g/mol. The molecule has 1 aliphatic heterocycles. The summed E-state index contributed by atoms with van der Waals surface area (Å²) < 4.78 is 1.49. The number of fused-ring (bicyclic) bond motifs is 1. The lowest BCUT2D eigenvalue weighted by Crippen LogP contribution is -2.37. The molecule has 0 amide bonds. The first-order valence-electron chi connectivity index (χ1n) is 7.02. The van der Waals surface area contributed by atoms with E-state index in [0.29, 0.717) is 17.4 Å². The van der Waals surface area contributed by atoms with Crippen LogP contribution in [-0.4, -0.2) is 46.3 Å². The number of aromatic nitrogens is 4. The molecule has 20 heavy (non-hydrogen) atoms. The highest BCUT2D eigenvalue weighted by Crippen LogP contribution is 2.17. The second kappa shape index (κ2) is 5.24. The third kappa shape index (κ3) is 2.40. The van der Waals surface area contributed by atoms with Crippen LogP contribution in [0.25, 0.3) is 5.65 Å². The minimum absolute atomic E-state index is 0.240. The molecule has 1 saturated heterocycles. The van der Waals surface area contributed by atoms with Gasteiger partial charge in [-0.25, -0.2) is 19.3 Å². The van der Waals surface area contributed by atoms with Crippen LogP contribution in [0.5, 0.6) is 0 Å². The number of rotatable bonds is 3. The summed E-state index contributed by atoms with van der Waals surface area (Å²) in [6, 6.07) is 1.85. The third-order valence-corrected chi connectivity index (χ3v) is 3.88. The maximum Gasteiger partial charge on any atom is 0.349 e. The molecule has 0 radical (unpaired) electrons. The highest BCUT2D eigenvalue weighted by Gasteiger charge is 2.17. The number of hydrogen-bond acceptors (Lipinski definition) is 5. The Morgan fingerprint density at radius 2 is 2.40 bits per heavy atom. The van der Waals surface area contributed by atoms with E-state index in [1.54, 1.807) is 0 Å². The van der Waals surface area contributed by atoms with Gasteiger partial charge >= 0.3 is 5.69 Å². The molecule has 3 heterocycles. The molecule has 7 nitrogen and oxygen atoms in total. The van der Waals surface area contributed by atoms with Crippen LogP contribution in [0.3, 0.4) is 0 Å². The Bertz CT molecular complexity index is 654. The van der Waals surface area contributed by atoms with Gasteiger partial charge in [0, 0.05) is 19.7 Å². The van der Waals surface area contributed by atoms with Crippen molar-refractivity contribution in [2.24, 2.45) is 5.92 Å². The molecule has 108 valence electrons. The molecular formula is C13H20N6O. The molecule has 1 unspecified atom stereocenters. The van der Waals surface area contributed by atoms with Crippen LogP contribution in [0.15, 0.2) is 10.9 Å². The molecule has 0 spiro atoms. The van der Waals surface area contributed by atoms with E-state index in [-0.39, 0.29) is 5.69 Å². The van der Waals surface area contributed by atoms with E-state index < -0.39 is 0 Å². The van der Waals surface area contributed by atoms with Gasteiger partial charge in [0.1, 0.15) is 11.6 Å². The lowest BCUT2D eigenvalue weighted by molar-refractivity contribution is 0.380. The predicted octanol–water partition coefficient (Wildman–Crippen LogP) is 0.162. The summed E-state index contributed by atoms with van der Waals surface area (Å²) in [5.41, 5.74) is 0.377. The van der Waals surface area contributed by atoms with Crippen LogP contribution in [-0.2, 0) is 0 Å². The van der Waals surface area contributed by atoms with Crippen molar-refractivity contribution in [1.82, 2.24) is 24.9 Å². The first-order valence-corrected chi connectivity index (χ1v) is 7.02. The van der Waals surface area contributed by atoms with Crippen molar-refractivity contribution in [3.63, 3.8) is 0 Å². The number of nitrogens with one attached hydrogen (secondary N) is 2. The van der Waals surface area contributed by atoms with E-state index in [1.807, 2.05) is 20.0 Å². The smallest absolute Gasteiger partial charge is 0.349 e. The van der Waals surface area contributed by atoms with E-state index in [9.17, 15) is 4.79 Å². The Hall–Kier alpha value is -1.89. The van der Waals surface area contributed by atoms with Crippen molar-refractivity contribution < 1.29 is 0 Å². The minimum atomic E-state index is -0.240. The molecule has 0 bridgehead atoms. The summed E-state index contributed by atoms with van der Waals surface area (Å²) in [4.78, 5) is 18.2. The van der Waals surface area contributed by atoms with Crippen LogP contribution < -0.4 is 15.9 Å². The Kier molecular flexibility index (Phi) is 3.43. The van der Waals surface area contributed by atoms with Crippen LogP contribution in [0.1, 0.15) is 18.7 Å². The fourth-order valence-corrected chi connectivity index (χ4v) is 2.84. The Balaban J connectivity index is 1.83. The lowest BCUT2D eigenvalue weighted by Gasteiger charge is -2.28. The fourth-order valence-electron chi connectivity index (χ4n) is 2.84. The highest BCUT2D eigenvalue weighted by molar-refractivity contribution is 5.50. The topological polar surface area (TPSA) is 78.3 Å². The molecule has 1 aliphatic rings. The van der Waals surface area contributed by atoms with E-state index in [1.165, 1.54) is 17.2 Å². The maximum atomic E-state index is 11.6. The SMILES string of the molecule is Cc1nc(N(C)CC2CCCNC2)cc2n[nH]c(=O)n12. The van der Waals surface area contributed by atoms with E-state index in [0.717, 1.165) is 25.5 Å². The number of aryl methyl sites for hydroxylation is 1. The quantitative estimate of drug-likeness (QED) is 0.835. The molecule has 2 N–H and O–H groups in total. The van der Waals surface area contributed by atoms with Gasteiger partial charge in [0.15, 0.2) is 5.65 Å². The molecule has 0 aliphatic carbocycles. The molecule has 2 aromatic rings. The fraction of sp³-hybridized carbons (Fsp3) is 0.615. The summed E-state index contributed by atoms with van der Waals surface area (Å²) in [6.45, 7) is 4.97. The molecule has 7 heteroatoms.